The molecule has 6 atom stereocenters. The Labute approximate surface area is 335 Å². The van der Waals surface area contributed by atoms with Gasteiger partial charge in [-0.25, -0.2) is 0 Å². The number of benzene rings is 2. The van der Waals surface area contributed by atoms with Gasteiger partial charge in [-0.15, -0.1) is 6.58 Å². The number of oxime groups is 1. The molecule has 6 unspecified atom stereocenters. The maximum absolute atomic E-state index is 14.4. The molecule has 13 heteroatoms. The van der Waals surface area contributed by atoms with E-state index in [1.165, 1.54) is 14.2 Å². The van der Waals surface area contributed by atoms with E-state index in [0.29, 0.717) is 53.5 Å². The van der Waals surface area contributed by atoms with E-state index in [-0.39, 0.29) is 75.8 Å². The third-order valence-corrected chi connectivity index (χ3v) is 11.7. The molecule has 1 aliphatic heterocycles. The van der Waals surface area contributed by atoms with Crippen LogP contribution in [0.5, 0.6) is 23.0 Å². The number of amides is 1. The molecule has 1 heterocycles. The molecule has 2 saturated carbocycles. The van der Waals surface area contributed by atoms with Gasteiger partial charge in [-0.2, -0.15) is 0 Å². The summed E-state index contributed by atoms with van der Waals surface area (Å²) in [5, 5.41) is 33.8. The predicted octanol–water partition coefficient (Wildman–Crippen LogP) is 5.81. The van der Waals surface area contributed by atoms with Crippen molar-refractivity contribution in [3.8, 4) is 23.0 Å². The molecule has 0 aromatic heterocycles. The summed E-state index contributed by atoms with van der Waals surface area (Å²) in [6.07, 6.45) is 11.1. The van der Waals surface area contributed by atoms with E-state index in [0.717, 1.165) is 55.9 Å². The van der Waals surface area contributed by atoms with Crippen molar-refractivity contribution in [3.63, 3.8) is 0 Å². The molecule has 1 amide bonds. The summed E-state index contributed by atoms with van der Waals surface area (Å²) in [7, 11) is 3.04. The Hall–Kier alpha value is -4.27. The van der Waals surface area contributed by atoms with Crippen LogP contribution in [0, 0.1) is 23.7 Å². The van der Waals surface area contributed by atoms with Crippen LogP contribution >= 0.6 is 0 Å². The number of methoxy groups -OCH3 is 1. The lowest BCUT2D eigenvalue weighted by Crippen LogP contribution is -2.70. The van der Waals surface area contributed by atoms with Crippen LogP contribution in [-0.4, -0.2) is 110 Å². The van der Waals surface area contributed by atoms with Crippen molar-refractivity contribution in [1.29, 1.82) is 0 Å². The number of aliphatic hydroxyl groups is 3. The highest BCUT2D eigenvalue weighted by atomic mass is 16.7. The second-order valence-corrected chi connectivity index (χ2v) is 15.2. The summed E-state index contributed by atoms with van der Waals surface area (Å²) in [6, 6.07) is 10.2. The number of hydrogen-bond donors (Lipinski definition) is 3. The second-order valence-electron chi connectivity index (χ2n) is 15.2. The summed E-state index contributed by atoms with van der Waals surface area (Å²) in [5.41, 5.74) is 2.92. The Morgan fingerprint density at radius 3 is 2.44 bits per heavy atom. The molecule has 2 fully saturated rings. The van der Waals surface area contributed by atoms with Gasteiger partial charge in [-0.05, 0) is 92.3 Å². The molecule has 0 bridgehead atoms. The number of rotatable bonds is 23. The van der Waals surface area contributed by atoms with Crippen LogP contribution in [0.3, 0.4) is 0 Å². The molecule has 3 aliphatic carbocycles. The van der Waals surface area contributed by atoms with E-state index < -0.39 is 17.7 Å². The van der Waals surface area contributed by atoms with Gasteiger partial charge in [0, 0.05) is 43.6 Å². The number of hydrogen-bond acceptors (Lipinski definition) is 12. The first-order chi connectivity index (χ1) is 27.9. The van der Waals surface area contributed by atoms with E-state index in [9.17, 15) is 24.9 Å². The number of carbonyl (C=O) groups excluding carboxylic acids is 2. The third-order valence-electron chi connectivity index (χ3n) is 11.7. The van der Waals surface area contributed by atoms with Crippen molar-refractivity contribution in [3.05, 3.63) is 71.8 Å². The van der Waals surface area contributed by atoms with Crippen LogP contribution < -0.4 is 14.2 Å². The summed E-state index contributed by atoms with van der Waals surface area (Å²) in [5.74, 6) is -0.00678. The van der Waals surface area contributed by atoms with Crippen LogP contribution in [0.25, 0.3) is 0 Å². The number of nitrogens with zero attached hydrogens (tertiary/aromatic N) is 2. The minimum atomic E-state index is -1.38. The highest BCUT2D eigenvalue weighted by molar-refractivity contribution is 6.03. The van der Waals surface area contributed by atoms with Gasteiger partial charge in [0.05, 0.1) is 50.7 Å². The summed E-state index contributed by atoms with van der Waals surface area (Å²) in [6.45, 7) is 4.81. The average Bonchev–Trinajstić information content (AvgIpc) is 4.08. The summed E-state index contributed by atoms with van der Waals surface area (Å²) < 4.78 is 31.8. The van der Waals surface area contributed by atoms with Gasteiger partial charge in [0.15, 0.2) is 6.29 Å². The fraction of sp³-hybridized carbons (Fsp3) is 0.568. The fourth-order valence-corrected chi connectivity index (χ4v) is 9.14. The van der Waals surface area contributed by atoms with Crippen molar-refractivity contribution in [2.24, 2.45) is 28.8 Å². The minimum absolute atomic E-state index is 0.000520. The molecule has 13 nitrogen and oxygen atoms in total. The molecule has 3 N–H and O–H groups in total. The van der Waals surface area contributed by atoms with Crippen molar-refractivity contribution >= 4 is 17.9 Å². The third kappa shape index (κ3) is 9.23. The average molecular weight is 791 g/mol. The van der Waals surface area contributed by atoms with Gasteiger partial charge in [0.25, 0.3) is 0 Å². The van der Waals surface area contributed by atoms with Crippen molar-refractivity contribution in [2.45, 2.75) is 75.5 Å². The quantitative estimate of drug-likeness (QED) is 0.0539. The predicted molar refractivity (Wildman–Crippen MR) is 213 cm³/mol. The van der Waals surface area contributed by atoms with Gasteiger partial charge < -0.3 is 48.7 Å². The van der Waals surface area contributed by atoms with Crippen LogP contribution in [0.15, 0.2) is 65.9 Å². The lowest BCUT2D eigenvalue weighted by Gasteiger charge is -2.60. The molecule has 0 spiro atoms. The smallest absolute Gasteiger partial charge is 0.239 e. The zero-order valence-electron chi connectivity index (χ0n) is 33.2. The SMILES string of the molecule is C=CCOC12Oc3ccc(Oc4ccc(OC)c(C=O)c4)cc3C3C(CCCCO)C(CCCCO)C=C(C(=NOC)CC1N(CCOCCO)C(=O)C1CC1)C32. The minimum Gasteiger partial charge on any atom is -0.496 e. The molecule has 4 aliphatic rings. The van der Waals surface area contributed by atoms with E-state index in [2.05, 4.69) is 17.8 Å². The molecular weight excluding hydrogens is 732 g/mol. The topological polar surface area (TPSA) is 166 Å². The number of aldehydes is 1. The number of ether oxygens (including phenoxy) is 5. The van der Waals surface area contributed by atoms with Gasteiger partial charge >= 0.3 is 0 Å². The zero-order chi connectivity index (χ0) is 40.4. The molecule has 2 aromatic carbocycles. The zero-order valence-corrected chi connectivity index (χ0v) is 33.2. The summed E-state index contributed by atoms with van der Waals surface area (Å²) in [4.78, 5) is 33.6. The van der Waals surface area contributed by atoms with Crippen LogP contribution in [0.1, 0.15) is 79.6 Å². The van der Waals surface area contributed by atoms with Crippen LogP contribution in [-0.2, 0) is 19.1 Å². The Morgan fingerprint density at radius 1 is 1.00 bits per heavy atom. The summed E-state index contributed by atoms with van der Waals surface area (Å²) >= 11 is 0. The maximum atomic E-state index is 14.4. The van der Waals surface area contributed by atoms with E-state index in [1.54, 1.807) is 24.3 Å². The Kier molecular flexibility index (Phi) is 14.8. The molecule has 2 aromatic rings. The lowest BCUT2D eigenvalue weighted by atomic mass is 9.55. The van der Waals surface area contributed by atoms with Crippen LogP contribution in [0.4, 0.5) is 0 Å². The highest BCUT2D eigenvalue weighted by Crippen LogP contribution is 2.62. The fourth-order valence-electron chi connectivity index (χ4n) is 9.14. The number of allylic oxidation sites excluding steroid dienone is 1. The van der Waals surface area contributed by atoms with Gasteiger partial charge in [-0.3, -0.25) is 9.59 Å². The second kappa shape index (κ2) is 19.9. The molecule has 0 saturated heterocycles. The largest absolute Gasteiger partial charge is 0.496 e. The monoisotopic (exact) mass is 790 g/mol. The molecule has 0 radical (unpaired) electrons. The first-order valence-corrected chi connectivity index (χ1v) is 20.3. The Balaban J connectivity index is 1.55. The number of aliphatic hydroxyl groups excluding tert-OH is 3. The van der Waals surface area contributed by atoms with Crippen molar-refractivity contribution < 1.29 is 53.4 Å². The normalized spacial score (nSPS) is 25.4. The molecular formula is C44H58N2O11. The highest BCUT2D eigenvalue weighted by Gasteiger charge is 2.65. The number of carbonyl (C=O) groups is 2. The van der Waals surface area contributed by atoms with Crippen molar-refractivity contribution in [1.82, 2.24) is 4.90 Å². The maximum Gasteiger partial charge on any atom is 0.239 e. The first-order valence-electron chi connectivity index (χ1n) is 20.3. The van der Waals surface area contributed by atoms with Gasteiger partial charge in [0.2, 0.25) is 11.7 Å². The van der Waals surface area contributed by atoms with E-state index >= 15 is 0 Å². The van der Waals surface area contributed by atoms with E-state index in [1.807, 2.05) is 23.1 Å². The Morgan fingerprint density at radius 2 is 1.75 bits per heavy atom. The van der Waals surface area contributed by atoms with Crippen LogP contribution in [0.2, 0.25) is 0 Å². The molecule has 57 heavy (non-hydrogen) atoms. The number of fused-ring (bicyclic) bond motifs is 2. The van der Waals surface area contributed by atoms with Gasteiger partial charge in [0.1, 0.15) is 36.1 Å². The number of unbranched alkanes of at least 4 members (excludes halogenated alkanes) is 2. The van der Waals surface area contributed by atoms with Gasteiger partial charge in [-0.1, -0.05) is 30.1 Å². The lowest BCUT2D eigenvalue weighted by molar-refractivity contribution is -0.258. The van der Waals surface area contributed by atoms with E-state index in [4.69, 9.17) is 28.5 Å². The van der Waals surface area contributed by atoms with Crippen molar-refractivity contribution in [2.75, 3.05) is 60.4 Å². The molecule has 6 rings (SSSR count). The first kappa shape index (κ1) is 42.3. The Bertz CT molecular complexity index is 1760. The molecule has 310 valence electrons. The standard InChI is InChI=1S/C44H58N2O11/c1-4-21-55-44-40(46(17-22-54-23-20-49)43(51)29-11-12-29)27-37(45-53-3)35-25-30(9-5-7-18-47)34(10-6-8-19-48)41(42(35)44)36-26-33(14-16-39(36)57-44)56-32-13-15-38(52-2)31(24-32)28-50/h4,13-16,24-26,28-30,34,40-42,47-49H,1,5-12,17-23,27H2,2-3H3.